The summed E-state index contributed by atoms with van der Waals surface area (Å²) in [6.07, 6.45) is 0.942. The predicted molar refractivity (Wildman–Crippen MR) is 107 cm³/mol. The SMILES string of the molecule is CC(C)CCNC(=O)c1ccc(Nc2ccccc2N2CCOCC2)nn1. The normalized spacial score (nSPS) is 14.3. The molecule has 0 bridgehead atoms. The maximum Gasteiger partial charge on any atom is 0.271 e. The van der Waals surface area contributed by atoms with Gasteiger partial charge in [-0.3, -0.25) is 4.79 Å². The van der Waals surface area contributed by atoms with Gasteiger partial charge in [-0.1, -0.05) is 26.0 Å². The van der Waals surface area contributed by atoms with Gasteiger partial charge < -0.3 is 20.3 Å². The average molecular weight is 369 g/mol. The summed E-state index contributed by atoms with van der Waals surface area (Å²) >= 11 is 0. The van der Waals surface area contributed by atoms with Crippen LogP contribution in [0.2, 0.25) is 0 Å². The lowest BCUT2D eigenvalue weighted by Gasteiger charge is -2.30. The molecule has 0 aliphatic carbocycles. The van der Waals surface area contributed by atoms with Crippen LogP contribution >= 0.6 is 0 Å². The Morgan fingerprint density at radius 3 is 2.63 bits per heavy atom. The van der Waals surface area contributed by atoms with E-state index in [0.717, 1.165) is 44.1 Å². The number of para-hydroxylation sites is 2. The van der Waals surface area contributed by atoms with Gasteiger partial charge in [-0.25, -0.2) is 0 Å². The van der Waals surface area contributed by atoms with Crippen molar-refractivity contribution in [3.63, 3.8) is 0 Å². The molecule has 2 N–H and O–H groups in total. The number of hydrogen-bond donors (Lipinski definition) is 2. The van der Waals surface area contributed by atoms with Crippen LogP contribution in [0.25, 0.3) is 0 Å². The molecular weight excluding hydrogens is 342 g/mol. The summed E-state index contributed by atoms with van der Waals surface area (Å²) in [5.74, 6) is 0.965. The van der Waals surface area contributed by atoms with Crippen molar-refractivity contribution in [1.29, 1.82) is 0 Å². The summed E-state index contributed by atoms with van der Waals surface area (Å²) < 4.78 is 5.43. The minimum Gasteiger partial charge on any atom is -0.378 e. The molecule has 1 aliphatic rings. The molecule has 1 aliphatic heterocycles. The Labute approximate surface area is 160 Å². The minimum atomic E-state index is -0.191. The molecular formula is C20H27N5O2. The molecule has 7 nitrogen and oxygen atoms in total. The van der Waals surface area contributed by atoms with Gasteiger partial charge >= 0.3 is 0 Å². The molecule has 0 unspecified atom stereocenters. The Balaban J connectivity index is 1.64. The third-order valence-corrected chi connectivity index (χ3v) is 4.42. The largest absolute Gasteiger partial charge is 0.378 e. The Kier molecular flexibility index (Phi) is 6.59. The fourth-order valence-corrected chi connectivity index (χ4v) is 2.88. The summed E-state index contributed by atoms with van der Waals surface area (Å²) in [6, 6.07) is 11.6. The number of hydrogen-bond acceptors (Lipinski definition) is 6. The Bertz CT molecular complexity index is 742. The Morgan fingerprint density at radius 1 is 1.15 bits per heavy atom. The molecule has 7 heteroatoms. The number of anilines is 3. The lowest BCUT2D eigenvalue weighted by molar-refractivity contribution is 0.0946. The number of rotatable bonds is 7. The van der Waals surface area contributed by atoms with Crippen molar-refractivity contribution in [1.82, 2.24) is 15.5 Å². The van der Waals surface area contributed by atoms with Crippen molar-refractivity contribution in [3.8, 4) is 0 Å². The number of nitrogens with zero attached hydrogens (tertiary/aromatic N) is 3. The molecule has 2 heterocycles. The van der Waals surface area contributed by atoms with Crippen LogP contribution in [0.4, 0.5) is 17.2 Å². The Morgan fingerprint density at radius 2 is 1.93 bits per heavy atom. The highest BCUT2D eigenvalue weighted by molar-refractivity contribution is 5.92. The van der Waals surface area contributed by atoms with Gasteiger partial charge in [0.15, 0.2) is 11.5 Å². The first-order valence-corrected chi connectivity index (χ1v) is 9.44. The first-order valence-electron chi connectivity index (χ1n) is 9.44. The van der Waals surface area contributed by atoms with Crippen LogP contribution in [-0.4, -0.2) is 49.0 Å². The number of nitrogens with one attached hydrogen (secondary N) is 2. The third-order valence-electron chi connectivity index (χ3n) is 4.42. The van der Waals surface area contributed by atoms with Crippen LogP contribution in [0.3, 0.4) is 0 Å². The summed E-state index contributed by atoms with van der Waals surface area (Å²) in [5.41, 5.74) is 2.40. The van der Waals surface area contributed by atoms with E-state index < -0.39 is 0 Å². The molecule has 1 aromatic heterocycles. The second-order valence-corrected chi connectivity index (χ2v) is 6.98. The molecule has 0 spiro atoms. The van der Waals surface area contributed by atoms with E-state index in [0.29, 0.717) is 24.0 Å². The topological polar surface area (TPSA) is 79.4 Å². The second kappa shape index (κ2) is 9.32. The van der Waals surface area contributed by atoms with Crippen LogP contribution in [0.1, 0.15) is 30.8 Å². The maximum absolute atomic E-state index is 12.1. The molecule has 27 heavy (non-hydrogen) atoms. The van der Waals surface area contributed by atoms with Crippen LogP contribution in [0.5, 0.6) is 0 Å². The highest BCUT2D eigenvalue weighted by Crippen LogP contribution is 2.28. The van der Waals surface area contributed by atoms with Crippen molar-refractivity contribution in [3.05, 3.63) is 42.1 Å². The van der Waals surface area contributed by atoms with E-state index in [1.807, 2.05) is 18.2 Å². The molecule has 1 fully saturated rings. The molecule has 0 radical (unpaired) electrons. The van der Waals surface area contributed by atoms with Crippen LogP contribution in [0.15, 0.2) is 36.4 Å². The summed E-state index contributed by atoms with van der Waals surface area (Å²) in [4.78, 5) is 14.4. The quantitative estimate of drug-likeness (QED) is 0.781. The lowest BCUT2D eigenvalue weighted by Crippen LogP contribution is -2.36. The first kappa shape index (κ1) is 19.1. The number of carbonyl (C=O) groups is 1. The van der Waals surface area contributed by atoms with E-state index in [-0.39, 0.29) is 5.91 Å². The van der Waals surface area contributed by atoms with Crippen molar-refractivity contribution in [2.45, 2.75) is 20.3 Å². The fraction of sp³-hybridized carbons (Fsp3) is 0.450. The van der Waals surface area contributed by atoms with E-state index in [9.17, 15) is 4.79 Å². The van der Waals surface area contributed by atoms with E-state index >= 15 is 0 Å². The van der Waals surface area contributed by atoms with Gasteiger partial charge in [0, 0.05) is 19.6 Å². The molecule has 1 aromatic carbocycles. The van der Waals surface area contributed by atoms with Crippen LogP contribution in [-0.2, 0) is 4.74 Å². The molecule has 1 amide bonds. The van der Waals surface area contributed by atoms with E-state index in [2.05, 4.69) is 45.6 Å². The van der Waals surface area contributed by atoms with Crippen molar-refractivity contribution >= 4 is 23.1 Å². The number of amides is 1. The van der Waals surface area contributed by atoms with E-state index in [4.69, 9.17) is 4.74 Å². The van der Waals surface area contributed by atoms with E-state index in [1.165, 1.54) is 0 Å². The summed E-state index contributed by atoms with van der Waals surface area (Å²) in [7, 11) is 0. The van der Waals surface area contributed by atoms with Gasteiger partial charge in [-0.05, 0) is 36.6 Å². The van der Waals surface area contributed by atoms with Crippen LogP contribution in [0, 0.1) is 5.92 Å². The average Bonchev–Trinajstić information content (AvgIpc) is 2.69. The number of ether oxygens (including phenoxy) is 1. The Hall–Kier alpha value is -2.67. The van der Waals surface area contributed by atoms with Crippen molar-refractivity contribution in [2.75, 3.05) is 43.1 Å². The molecule has 0 atom stereocenters. The molecule has 0 saturated carbocycles. The maximum atomic E-state index is 12.1. The molecule has 1 saturated heterocycles. The van der Waals surface area contributed by atoms with Crippen molar-refractivity contribution in [2.24, 2.45) is 5.92 Å². The highest BCUT2D eigenvalue weighted by atomic mass is 16.5. The first-order chi connectivity index (χ1) is 13.1. The van der Waals surface area contributed by atoms with Gasteiger partial charge in [0.25, 0.3) is 5.91 Å². The minimum absolute atomic E-state index is 0.191. The zero-order chi connectivity index (χ0) is 19.1. The third kappa shape index (κ3) is 5.40. The van der Waals surface area contributed by atoms with Gasteiger partial charge in [0.1, 0.15) is 0 Å². The number of aromatic nitrogens is 2. The molecule has 2 aromatic rings. The number of morpholine rings is 1. The standard InChI is InChI=1S/C20H27N5O2/c1-15(2)9-10-21-20(26)17-7-8-19(24-23-17)22-16-5-3-4-6-18(16)25-11-13-27-14-12-25/h3-8,15H,9-14H2,1-2H3,(H,21,26)(H,22,24). The lowest BCUT2D eigenvalue weighted by atomic mass is 10.1. The van der Waals surface area contributed by atoms with Crippen molar-refractivity contribution < 1.29 is 9.53 Å². The number of carbonyl (C=O) groups excluding carboxylic acids is 1. The summed E-state index contributed by atoms with van der Waals surface area (Å²) in [5, 5.41) is 14.4. The van der Waals surface area contributed by atoms with Crippen LogP contribution < -0.4 is 15.5 Å². The predicted octanol–water partition coefficient (Wildman–Crippen LogP) is 2.83. The molecule has 3 rings (SSSR count). The van der Waals surface area contributed by atoms with E-state index in [1.54, 1.807) is 12.1 Å². The van der Waals surface area contributed by atoms with Gasteiger partial charge in [-0.15, -0.1) is 10.2 Å². The number of benzene rings is 1. The zero-order valence-corrected chi connectivity index (χ0v) is 15.9. The monoisotopic (exact) mass is 369 g/mol. The second-order valence-electron chi connectivity index (χ2n) is 6.98. The fourth-order valence-electron chi connectivity index (χ4n) is 2.88. The zero-order valence-electron chi connectivity index (χ0n) is 15.9. The molecule has 144 valence electrons. The highest BCUT2D eigenvalue weighted by Gasteiger charge is 2.15. The summed E-state index contributed by atoms with van der Waals surface area (Å²) in [6.45, 7) is 8.08. The van der Waals surface area contributed by atoms with Gasteiger partial charge in [0.05, 0.1) is 24.6 Å². The smallest absolute Gasteiger partial charge is 0.271 e. The van der Waals surface area contributed by atoms with Gasteiger partial charge in [0.2, 0.25) is 0 Å². The van der Waals surface area contributed by atoms with Gasteiger partial charge in [-0.2, -0.15) is 0 Å².